The molecular weight excluding hydrogens is 212 g/mol. The second-order valence-corrected chi connectivity index (χ2v) is 5.41. The zero-order valence-corrected chi connectivity index (χ0v) is 11.5. The number of hydrogen-bond acceptors (Lipinski definition) is 2. The highest BCUT2D eigenvalue weighted by Gasteiger charge is 2.28. The average molecular weight is 240 g/mol. The van der Waals surface area contributed by atoms with Crippen LogP contribution in [0.1, 0.15) is 65.2 Å². The van der Waals surface area contributed by atoms with Crippen molar-refractivity contribution in [3.05, 3.63) is 0 Å². The van der Waals surface area contributed by atoms with E-state index in [9.17, 15) is 4.79 Å². The standard InChI is InChI=1S/C14H28N2O/c1-3-4-5-6-9-14(17)16-10-7-8-13(16)11-12(2)15/h12-13H,3-11,15H2,1-2H3. The highest BCUT2D eigenvalue weighted by atomic mass is 16.2. The number of hydrogen-bond donors (Lipinski definition) is 1. The van der Waals surface area contributed by atoms with Gasteiger partial charge in [-0.3, -0.25) is 4.79 Å². The Morgan fingerprint density at radius 2 is 2.18 bits per heavy atom. The van der Waals surface area contributed by atoms with E-state index >= 15 is 0 Å². The quantitative estimate of drug-likeness (QED) is 0.695. The molecule has 1 aliphatic heterocycles. The molecule has 0 aromatic carbocycles. The second-order valence-electron chi connectivity index (χ2n) is 5.41. The monoisotopic (exact) mass is 240 g/mol. The molecule has 0 bridgehead atoms. The van der Waals surface area contributed by atoms with Gasteiger partial charge in [0.25, 0.3) is 0 Å². The minimum absolute atomic E-state index is 0.202. The molecule has 0 aromatic heterocycles. The molecule has 0 saturated carbocycles. The van der Waals surface area contributed by atoms with E-state index in [0.29, 0.717) is 11.9 Å². The molecule has 1 amide bonds. The Morgan fingerprint density at radius 1 is 1.41 bits per heavy atom. The summed E-state index contributed by atoms with van der Waals surface area (Å²) in [5.74, 6) is 0.351. The summed E-state index contributed by atoms with van der Waals surface area (Å²) >= 11 is 0. The zero-order chi connectivity index (χ0) is 12.7. The van der Waals surface area contributed by atoms with E-state index in [4.69, 9.17) is 5.73 Å². The number of amides is 1. The Hall–Kier alpha value is -0.570. The van der Waals surface area contributed by atoms with Gasteiger partial charge in [0.2, 0.25) is 5.91 Å². The molecule has 2 atom stereocenters. The third-order valence-corrected chi connectivity index (χ3v) is 3.59. The predicted octanol–water partition coefficient (Wildman–Crippen LogP) is 2.69. The summed E-state index contributed by atoms with van der Waals surface area (Å²) < 4.78 is 0. The highest BCUT2D eigenvalue weighted by molar-refractivity contribution is 5.76. The van der Waals surface area contributed by atoms with Gasteiger partial charge in [-0.25, -0.2) is 0 Å². The van der Waals surface area contributed by atoms with Gasteiger partial charge >= 0.3 is 0 Å². The molecule has 3 heteroatoms. The van der Waals surface area contributed by atoms with Gasteiger partial charge in [-0.05, 0) is 32.6 Å². The Balaban J connectivity index is 2.29. The molecule has 1 fully saturated rings. The van der Waals surface area contributed by atoms with Gasteiger partial charge < -0.3 is 10.6 Å². The first-order chi connectivity index (χ1) is 8.15. The van der Waals surface area contributed by atoms with Crippen LogP contribution in [0.2, 0.25) is 0 Å². The third-order valence-electron chi connectivity index (χ3n) is 3.59. The summed E-state index contributed by atoms with van der Waals surface area (Å²) in [4.78, 5) is 14.2. The smallest absolute Gasteiger partial charge is 0.222 e. The van der Waals surface area contributed by atoms with Crippen LogP contribution in [0.5, 0.6) is 0 Å². The number of nitrogens with zero attached hydrogens (tertiary/aromatic N) is 1. The van der Waals surface area contributed by atoms with Crippen LogP contribution in [-0.2, 0) is 4.79 Å². The maximum Gasteiger partial charge on any atom is 0.222 e. The summed E-state index contributed by atoms with van der Waals surface area (Å²) in [5.41, 5.74) is 5.84. The van der Waals surface area contributed by atoms with E-state index in [-0.39, 0.29) is 6.04 Å². The van der Waals surface area contributed by atoms with Gasteiger partial charge in [-0.1, -0.05) is 26.2 Å². The van der Waals surface area contributed by atoms with Gasteiger partial charge in [-0.2, -0.15) is 0 Å². The number of nitrogens with two attached hydrogens (primary N) is 1. The van der Waals surface area contributed by atoms with Crippen LogP contribution in [0.15, 0.2) is 0 Å². The van der Waals surface area contributed by atoms with E-state index in [1.165, 1.54) is 19.3 Å². The normalized spacial score (nSPS) is 21.8. The van der Waals surface area contributed by atoms with Crippen molar-refractivity contribution in [2.24, 2.45) is 5.73 Å². The van der Waals surface area contributed by atoms with Crippen molar-refractivity contribution in [2.45, 2.75) is 77.3 Å². The first-order valence-corrected chi connectivity index (χ1v) is 7.20. The van der Waals surface area contributed by atoms with Crippen molar-refractivity contribution in [2.75, 3.05) is 6.54 Å². The van der Waals surface area contributed by atoms with E-state index < -0.39 is 0 Å². The van der Waals surface area contributed by atoms with Gasteiger partial charge in [0.05, 0.1) is 0 Å². The fourth-order valence-corrected chi connectivity index (χ4v) is 2.68. The van der Waals surface area contributed by atoms with Crippen molar-refractivity contribution in [1.82, 2.24) is 4.90 Å². The molecular formula is C14H28N2O. The summed E-state index contributed by atoms with van der Waals surface area (Å²) in [7, 11) is 0. The second kappa shape index (κ2) is 7.70. The lowest BCUT2D eigenvalue weighted by molar-refractivity contribution is -0.132. The molecule has 3 nitrogen and oxygen atoms in total. The lowest BCUT2D eigenvalue weighted by Crippen LogP contribution is -2.38. The van der Waals surface area contributed by atoms with Crippen LogP contribution in [-0.4, -0.2) is 29.4 Å². The Bertz CT molecular complexity index is 228. The summed E-state index contributed by atoms with van der Waals surface area (Å²) in [6.07, 6.45) is 8.69. The zero-order valence-electron chi connectivity index (χ0n) is 11.5. The first kappa shape index (κ1) is 14.5. The lowest BCUT2D eigenvalue weighted by Gasteiger charge is -2.26. The average Bonchev–Trinajstić information content (AvgIpc) is 2.71. The Labute approximate surface area is 106 Å². The van der Waals surface area contributed by atoms with Gasteiger partial charge in [0, 0.05) is 25.0 Å². The molecule has 0 spiro atoms. The minimum Gasteiger partial charge on any atom is -0.340 e. The van der Waals surface area contributed by atoms with Crippen molar-refractivity contribution < 1.29 is 4.79 Å². The minimum atomic E-state index is 0.202. The maximum atomic E-state index is 12.1. The molecule has 1 rings (SSSR count). The van der Waals surface area contributed by atoms with E-state index in [1.54, 1.807) is 0 Å². The van der Waals surface area contributed by atoms with Crippen molar-refractivity contribution in [3.8, 4) is 0 Å². The number of unbranched alkanes of at least 4 members (excludes halogenated alkanes) is 3. The van der Waals surface area contributed by atoms with Gasteiger partial charge in [0.1, 0.15) is 0 Å². The third kappa shape index (κ3) is 5.07. The van der Waals surface area contributed by atoms with Crippen LogP contribution in [0.3, 0.4) is 0 Å². The topological polar surface area (TPSA) is 46.3 Å². The molecule has 17 heavy (non-hydrogen) atoms. The summed E-state index contributed by atoms with van der Waals surface area (Å²) in [6.45, 7) is 5.17. The molecule has 0 radical (unpaired) electrons. The van der Waals surface area contributed by atoms with E-state index in [0.717, 1.165) is 38.6 Å². The lowest BCUT2D eigenvalue weighted by atomic mass is 10.1. The number of carbonyl (C=O) groups excluding carboxylic acids is 1. The highest BCUT2D eigenvalue weighted by Crippen LogP contribution is 2.22. The Kier molecular flexibility index (Phi) is 6.56. The molecule has 0 aliphatic carbocycles. The number of carbonyl (C=O) groups is 1. The van der Waals surface area contributed by atoms with Crippen LogP contribution < -0.4 is 5.73 Å². The van der Waals surface area contributed by atoms with Crippen LogP contribution in [0.25, 0.3) is 0 Å². The molecule has 1 aliphatic rings. The van der Waals surface area contributed by atoms with Crippen molar-refractivity contribution >= 4 is 5.91 Å². The summed E-state index contributed by atoms with van der Waals surface area (Å²) in [5, 5.41) is 0. The van der Waals surface area contributed by atoms with Crippen molar-refractivity contribution in [3.63, 3.8) is 0 Å². The molecule has 2 unspecified atom stereocenters. The number of rotatable bonds is 7. The number of likely N-dealkylation sites (tertiary alicyclic amines) is 1. The van der Waals surface area contributed by atoms with Gasteiger partial charge in [-0.15, -0.1) is 0 Å². The molecule has 1 heterocycles. The first-order valence-electron chi connectivity index (χ1n) is 7.20. The Morgan fingerprint density at radius 3 is 2.82 bits per heavy atom. The predicted molar refractivity (Wildman–Crippen MR) is 71.8 cm³/mol. The molecule has 0 aromatic rings. The van der Waals surface area contributed by atoms with E-state index in [2.05, 4.69) is 11.8 Å². The SMILES string of the molecule is CCCCCCC(=O)N1CCCC1CC(C)N. The largest absolute Gasteiger partial charge is 0.340 e. The van der Waals surface area contributed by atoms with Crippen LogP contribution >= 0.6 is 0 Å². The molecule has 100 valence electrons. The maximum absolute atomic E-state index is 12.1. The molecule has 1 saturated heterocycles. The summed E-state index contributed by atoms with van der Waals surface area (Å²) in [6, 6.07) is 0.613. The van der Waals surface area contributed by atoms with Crippen LogP contribution in [0.4, 0.5) is 0 Å². The van der Waals surface area contributed by atoms with Crippen LogP contribution in [0, 0.1) is 0 Å². The fourth-order valence-electron chi connectivity index (χ4n) is 2.68. The van der Waals surface area contributed by atoms with E-state index in [1.807, 2.05) is 6.92 Å². The fraction of sp³-hybridized carbons (Fsp3) is 0.929. The molecule has 2 N–H and O–H groups in total. The van der Waals surface area contributed by atoms with Crippen molar-refractivity contribution in [1.29, 1.82) is 0 Å². The van der Waals surface area contributed by atoms with Gasteiger partial charge in [0.15, 0.2) is 0 Å².